The molecule has 0 radical (unpaired) electrons. The summed E-state index contributed by atoms with van der Waals surface area (Å²) in [6, 6.07) is 6.71. The van der Waals surface area contributed by atoms with Crippen molar-refractivity contribution < 1.29 is 19.8 Å². The Morgan fingerprint density at radius 2 is 1.73 bits per heavy atom. The minimum atomic E-state index is -0.575. The average molecular weight is 425 g/mol. The number of phenols is 1. The number of aliphatic hydroxyl groups is 1. The molecule has 0 bridgehead atoms. The van der Waals surface area contributed by atoms with Gasteiger partial charge in [0.1, 0.15) is 5.75 Å². The molecule has 0 aliphatic carbocycles. The molecule has 0 aliphatic rings. The molecule has 0 saturated heterocycles. The van der Waals surface area contributed by atoms with Crippen LogP contribution in [0.2, 0.25) is 0 Å². The molecule has 0 spiro atoms. The Kier molecular flexibility index (Phi) is 17.2. The second-order valence-corrected chi connectivity index (χ2v) is 6.23. The third kappa shape index (κ3) is 19.5. The number of aliphatic hydroxyl groups excluding tert-OH is 1. The van der Waals surface area contributed by atoms with Gasteiger partial charge in [-0.1, -0.05) is 31.2 Å². The van der Waals surface area contributed by atoms with Crippen LogP contribution in [-0.4, -0.2) is 54.2 Å². The number of rotatable bonds is 9. The van der Waals surface area contributed by atoms with Crippen LogP contribution in [-0.2, 0) is 9.59 Å². The number of guanidine groups is 1. The number of aliphatic imine (C=N–C) groups is 1. The molecule has 170 valence electrons. The van der Waals surface area contributed by atoms with E-state index in [0.717, 1.165) is 0 Å². The predicted molar refractivity (Wildman–Crippen MR) is 120 cm³/mol. The summed E-state index contributed by atoms with van der Waals surface area (Å²) >= 11 is 0. The lowest BCUT2D eigenvalue weighted by atomic mass is 10.1. The summed E-state index contributed by atoms with van der Waals surface area (Å²) in [6.07, 6.45) is 1.89. The molecular weight excluding hydrogens is 388 g/mol. The van der Waals surface area contributed by atoms with E-state index >= 15 is 0 Å². The smallest absolute Gasteiger partial charge is 0.237 e. The first-order valence-corrected chi connectivity index (χ1v) is 9.44. The Morgan fingerprint density at radius 3 is 2.10 bits per heavy atom. The number of aryl methyl sites for hydroxylation is 1. The van der Waals surface area contributed by atoms with Crippen molar-refractivity contribution in [3.05, 3.63) is 42.2 Å². The molecule has 2 amide bonds. The van der Waals surface area contributed by atoms with Gasteiger partial charge in [0, 0.05) is 13.0 Å². The number of phenolic OH excluding ortho intramolecular Hbond substituents is 1. The molecule has 0 saturated carbocycles. The number of benzene rings is 1. The Hall–Kier alpha value is -3.27. The van der Waals surface area contributed by atoms with E-state index in [4.69, 9.17) is 27.4 Å². The lowest BCUT2D eigenvalue weighted by molar-refractivity contribution is -0.126. The van der Waals surface area contributed by atoms with Crippen LogP contribution in [0.5, 0.6) is 5.75 Å². The van der Waals surface area contributed by atoms with Crippen LogP contribution < -0.4 is 27.8 Å². The van der Waals surface area contributed by atoms with Gasteiger partial charge < -0.3 is 38.0 Å². The topological polar surface area (TPSA) is 189 Å². The highest BCUT2D eigenvalue weighted by molar-refractivity contribution is 5.86. The first kappa shape index (κ1) is 28.9. The minimum absolute atomic E-state index is 0.0317. The number of amides is 2. The molecule has 1 aromatic rings. The molecule has 10 heteroatoms. The third-order valence-corrected chi connectivity index (χ3v) is 3.49. The zero-order valence-electron chi connectivity index (χ0n) is 18.0. The largest absolute Gasteiger partial charge is 0.513 e. The zero-order valence-corrected chi connectivity index (χ0v) is 18.0. The summed E-state index contributed by atoms with van der Waals surface area (Å²) in [5.74, 6) is -0.227. The summed E-state index contributed by atoms with van der Waals surface area (Å²) in [4.78, 5) is 25.8. The number of likely N-dealkylation sites (N-methyl/N-ethyl adjacent to an activating group) is 1. The van der Waals surface area contributed by atoms with Gasteiger partial charge in [-0.05, 0) is 38.9 Å². The maximum absolute atomic E-state index is 11.5. The van der Waals surface area contributed by atoms with Gasteiger partial charge in [0.2, 0.25) is 11.8 Å². The summed E-state index contributed by atoms with van der Waals surface area (Å²) in [5.41, 5.74) is 16.4. The monoisotopic (exact) mass is 424 g/mol. The Labute approximate surface area is 178 Å². The summed E-state index contributed by atoms with van der Waals surface area (Å²) in [5, 5.41) is 22.2. The van der Waals surface area contributed by atoms with E-state index in [0.29, 0.717) is 31.6 Å². The van der Waals surface area contributed by atoms with Crippen LogP contribution in [0.1, 0.15) is 31.7 Å². The van der Waals surface area contributed by atoms with E-state index in [-0.39, 0.29) is 30.2 Å². The highest BCUT2D eigenvalue weighted by atomic mass is 16.3. The van der Waals surface area contributed by atoms with Gasteiger partial charge in [0.25, 0.3) is 0 Å². The highest BCUT2D eigenvalue weighted by Crippen LogP contribution is 2.07. The quantitative estimate of drug-likeness (QED) is 0.129. The minimum Gasteiger partial charge on any atom is -0.513 e. The van der Waals surface area contributed by atoms with Gasteiger partial charge in [0.15, 0.2) is 5.96 Å². The maximum Gasteiger partial charge on any atom is 0.237 e. The van der Waals surface area contributed by atoms with Crippen molar-refractivity contribution in [3.63, 3.8) is 0 Å². The van der Waals surface area contributed by atoms with Crippen molar-refractivity contribution in [1.29, 1.82) is 0 Å². The standard InChI is InChI=1S/C9H20N6O2.C7H8O.C4H8O/c1-13-6(3-2-4-14-9(11)12)8(17)15-5-7(10)16;1-6-2-4-7(8)5-3-6;1-3-4(2)5/h6,13H,2-5H2,1H3,(H2,10,16)(H,15,17)(H4,11,12,14);2-5,8H,1H3;5H,2-3H2,1H3. The normalized spacial score (nSPS) is 10.2. The number of hydrogen-bond donors (Lipinski definition) is 7. The molecule has 0 aromatic heterocycles. The van der Waals surface area contributed by atoms with Gasteiger partial charge in [-0.25, -0.2) is 0 Å². The van der Waals surface area contributed by atoms with E-state index in [1.807, 2.05) is 26.0 Å². The van der Waals surface area contributed by atoms with E-state index in [2.05, 4.69) is 22.2 Å². The number of nitrogens with zero attached hydrogens (tertiary/aromatic N) is 1. The van der Waals surface area contributed by atoms with E-state index in [1.165, 1.54) is 5.56 Å². The fourth-order valence-corrected chi connectivity index (χ4v) is 1.75. The molecule has 10 N–H and O–H groups in total. The molecule has 1 atom stereocenters. The van der Waals surface area contributed by atoms with Gasteiger partial charge in [-0.15, -0.1) is 0 Å². The van der Waals surface area contributed by atoms with Crippen molar-refractivity contribution in [2.45, 2.75) is 39.2 Å². The molecule has 0 aliphatic heterocycles. The average Bonchev–Trinajstić information content (AvgIpc) is 2.69. The van der Waals surface area contributed by atoms with E-state index < -0.39 is 5.91 Å². The Balaban J connectivity index is 0. The predicted octanol–water partition coefficient (Wildman–Crippen LogP) is 0.398. The van der Waals surface area contributed by atoms with Crippen LogP contribution in [0, 0.1) is 6.92 Å². The number of carbonyl (C=O) groups excluding carboxylic acids is 2. The van der Waals surface area contributed by atoms with Crippen LogP contribution >= 0.6 is 0 Å². The first-order chi connectivity index (χ1) is 14.0. The second-order valence-electron chi connectivity index (χ2n) is 6.23. The lowest BCUT2D eigenvalue weighted by Gasteiger charge is -2.14. The van der Waals surface area contributed by atoms with Crippen molar-refractivity contribution in [1.82, 2.24) is 10.6 Å². The van der Waals surface area contributed by atoms with Crippen molar-refractivity contribution in [2.24, 2.45) is 22.2 Å². The molecule has 30 heavy (non-hydrogen) atoms. The SMILES string of the molecule is C=C(O)CC.CNC(CCCN=C(N)N)C(=O)NCC(N)=O.Cc1ccc(O)cc1. The Bertz CT molecular complexity index is 637. The summed E-state index contributed by atoms with van der Waals surface area (Å²) in [7, 11) is 1.66. The van der Waals surface area contributed by atoms with Gasteiger partial charge in [-0.3, -0.25) is 14.6 Å². The molecule has 1 aromatic carbocycles. The number of aromatic hydroxyl groups is 1. The van der Waals surface area contributed by atoms with Gasteiger partial charge in [-0.2, -0.15) is 0 Å². The fraction of sp³-hybridized carbons (Fsp3) is 0.450. The Morgan fingerprint density at radius 1 is 1.20 bits per heavy atom. The van der Waals surface area contributed by atoms with Crippen molar-refractivity contribution in [2.75, 3.05) is 20.1 Å². The molecule has 0 fully saturated rings. The third-order valence-electron chi connectivity index (χ3n) is 3.49. The second kappa shape index (κ2) is 17.8. The maximum atomic E-state index is 11.5. The number of primary amides is 1. The number of nitrogens with one attached hydrogen (secondary N) is 2. The van der Waals surface area contributed by atoms with Gasteiger partial charge in [0.05, 0.1) is 18.3 Å². The summed E-state index contributed by atoms with van der Waals surface area (Å²) < 4.78 is 0. The molecule has 1 unspecified atom stereocenters. The number of allylic oxidation sites excluding steroid dienone is 1. The van der Waals surface area contributed by atoms with Crippen LogP contribution in [0.3, 0.4) is 0 Å². The number of carbonyl (C=O) groups is 2. The van der Waals surface area contributed by atoms with E-state index in [1.54, 1.807) is 19.2 Å². The van der Waals surface area contributed by atoms with Crippen LogP contribution in [0.4, 0.5) is 0 Å². The highest BCUT2D eigenvalue weighted by Gasteiger charge is 2.15. The first-order valence-electron chi connectivity index (χ1n) is 9.44. The number of nitrogens with two attached hydrogens (primary N) is 3. The molecule has 1 rings (SSSR count). The van der Waals surface area contributed by atoms with Gasteiger partial charge >= 0.3 is 0 Å². The number of hydrogen-bond acceptors (Lipinski definition) is 6. The van der Waals surface area contributed by atoms with Crippen molar-refractivity contribution in [3.8, 4) is 5.75 Å². The van der Waals surface area contributed by atoms with Crippen molar-refractivity contribution >= 4 is 17.8 Å². The molecule has 10 nitrogen and oxygen atoms in total. The lowest BCUT2D eigenvalue weighted by Crippen LogP contribution is -2.45. The summed E-state index contributed by atoms with van der Waals surface area (Å²) in [6.45, 7) is 7.36. The molecular formula is C20H36N6O4. The van der Waals surface area contributed by atoms with Crippen LogP contribution in [0.15, 0.2) is 41.6 Å². The zero-order chi connectivity index (χ0) is 23.5. The van der Waals surface area contributed by atoms with Crippen LogP contribution in [0.25, 0.3) is 0 Å². The molecule has 0 heterocycles. The fourth-order valence-electron chi connectivity index (χ4n) is 1.75. The van der Waals surface area contributed by atoms with E-state index in [9.17, 15) is 9.59 Å².